The molecule has 13 heavy (non-hydrogen) atoms. The highest BCUT2D eigenvalue weighted by molar-refractivity contribution is 6.30. The second-order valence-corrected chi connectivity index (χ2v) is 3.10. The second kappa shape index (κ2) is 4.87. The van der Waals surface area contributed by atoms with Crippen molar-refractivity contribution in [3.63, 3.8) is 0 Å². The van der Waals surface area contributed by atoms with Crippen LogP contribution in [-0.4, -0.2) is 6.54 Å². The summed E-state index contributed by atoms with van der Waals surface area (Å²) in [6.07, 6.45) is 2.64. The topological polar surface area (TPSA) is 12.0 Å². The minimum Gasteiger partial charge on any atom is -0.385 e. The van der Waals surface area contributed by atoms with Gasteiger partial charge in [0.2, 0.25) is 0 Å². The lowest BCUT2D eigenvalue weighted by molar-refractivity contribution is 0.628. The Hall–Kier alpha value is -1.02. The number of rotatable bonds is 4. The molecule has 1 nitrogen and oxygen atoms in total. The van der Waals surface area contributed by atoms with E-state index in [1.165, 1.54) is 12.1 Å². The van der Waals surface area contributed by atoms with Crippen LogP contribution in [0.5, 0.6) is 0 Å². The molecule has 0 spiro atoms. The number of anilines is 1. The predicted octanol–water partition coefficient (Wildman–Crippen LogP) is 3.47. The van der Waals surface area contributed by atoms with Gasteiger partial charge in [0.1, 0.15) is 5.82 Å². The van der Waals surface area contributed by atoms with Crippen LogP contribution in [0.1, 0.15) is 6.42 Å². The Labute approximate surface area is 82.2 Å². The van der Waals surface area contributed by atoms with Crippen LogP contribution in [0.4, 0.5) is 10.1 Å². The second-order valence-electron chi connectivity index (χ2n) is 2.66. The monoisotopic (exact) mass is 199 g/mol. The van der Waals surface area contributed by atoms with Crippen molar-refractivity contribution in [1.29, 1.82) is 0 Å². The predicted molar refractivity (Wildman–Crippen MR) is 54.7 cm³/mol. The molecule has 0 heterocycles. The lowest BCUT2D eigenvalue weighted by Crippen LogP contribution is -2.00. The van der Waals surface area contributed by atoms with Gasteiger partial charge in [-0.1, -0.05) is 17.7 Å². The number of benzene rings is 1. The Morgan fingerprint density at radius 3 is 2.85 bits per heavy atom. The van der Waals surface area contributed by atoms with E-state index < -0.39 is 0 Å². The third kappa shape index (κ3) is 3.47. The summed E-state index contributed by atoms with van der Waals surface area (Å²) in [4.78, 5) is 0. The van der Waals surface area contributed by atoms with Crippen LogP contribution >= 0.6 is 11.6 Å². The van der Waals surface area contributed by atoms with Gasteiger partial charge >= 0.3 is 0 Å². The molecule has 0 saturated heterocycles. The van der Waals surface area contributed by atoms with Gasteiger partial charge in [-0.25, -0.2) is 4.39 Å². The van der Waals surface area contributed by atoms with E-state index >= 15 is 0 Å². The largest absolute Gasteiger partial charge is 0.385 e. The SMILES string of the molecule is C=CCCNc1cc(F)cc(Cl)c1. The number of hydrogen-bond acceptors (Lipinski definition) is 1. The molecule has 1 aromatic carbocycles. The summed E-state index contributed by atoms with van der Waals surface area (Å²) in [5.74, 6) is -0.325. The van der Waals surface area contributed by atoms with Gasteiger partial charge in [0.05, 0.1) is 0 Å². The average Bonchev–Trinajstić information content (AvgIpc) is 2.03. The van der Waals surface area contributed by atoms with Crippen molar-refractivity contribution in [3.8, 4) is 0 Å². The van der Waals surface area contributed by atoms with Gasteiger partial charge in [0.15, 0.2) is 0 Å². The fourth-order valence-electron chi connectivity index (χ4n) is 0.974. The third-order valence-corrected chi connectivity index (χ3v) is 1.76. The normalized spacial score (nSPS) is 9.69. The smallest absolute Gasteiger partial charge is 0.126 e. The molecule has 0 aliphatic rings. The van der Waals surface area contributed by atoms with Crippen LogP contribution in [0.2, 0.25) is 5.02 Å². The van der Waals surface area contributed by atoms with Crippen LogP contribution in [0, 0.1) is 5.82 Å². The first-order valence-corrected chi connectivity index (χ1v) is 4.41. The number of halogens is 2. The van der Waals surface area contributed by atoms with Gasteiger partial charge in [-0.2, -0.15) is 0 Å². The van der Waals surface area contributed by atoms with Gasteiger partial charge in [-0.15, -0.1) is 6.58 Å². The lowest BCUT2D eigenvalue weighted by Gasteiger charge is -2.04. The molecule has 0 aliphatic carbocycles. The third-order valence-electron chi connectivity index (χ3n) is 1.54. The fourth-order valence-corrected chi connectivity index (χ4v) is 1.20. The zero-order chi connectivity index (χ0) is 9.68. The molecule has 1 aromatic rings. The highest BCUT2D eigenvalue weighted by Gasteiger charge is 1.97. The highest BCUT2D eigenvalue weighted by atomic mass is 35.5. The Kier molecular flexibility index (Phi) is 3.77. The minimum absolute atomic E-state index is 0.325. The Balaban J connectivity index is 2.60. The van der Waals surface area contributed by atoms with E-state index in [1.54, 1.807) is 12.1 Å². The molecule has 70 valence electrons. The molecule has 0 unspecified atom stereocenters. The molecule has 0 fully saturated rings. The molecule has 0 amide bonds. The maximum atomic E-state index is 12.8. The van der Waals surface area contributed by atoms with Gasteiger partial charge in [0.25, 0.3) is 0 Å². The summed E-state index contributed by atoms with van der Waals surface area (Å²) in [6.45, 7) is 4.33. The first kappa shape index (κ1) is 10.1. The maximum absolute atomic E-state index is 12.8. The summed E-state index contributed by atoms with van der Waals surface area (Å²) < 4.78 is 12.8. The van der Waals surface area contributed by atoms with E-state index in [9.17, 15) is 4.39 Å². The van der Waals surface area contributed by atoms with Crippen molar-refractivity contribution in [1.82, 2.24) is 0 Å². The molecular formula is C10H11ClFN. The van der Waals surface area contributed by atoms with E-state index in [0.717, 1.165) is 13.0 Å². The van der Waals surface area contributed by atoms with Gasteiger partial charge < -0.3 is 5.32 Å². The molecule has 0 aliphatic heterocycles. The molecule has 3 heteroatoms. The first-order chi connectivity index (χ1) is 6.22. The van der Waals surface area contributed by atoms with Gasteiger partial charge in [-0.3, -0.25) is 0 Å². The summed E-state index contributed by atoms with van der Waals surface area (Å²) >= 11 is 5.66. The first-order valence-electron chi connectivity index (χ1n) is 4.03. The molecular weight excluding hydrogens is 189 g/mol. The highest BCUT2D eigenvalue weighted by Crippen LogP contribution is 2.17. The van der Waals surface area contributed by atoms with Crippen molar-refractivity contribution < 1.29 is 4.39 Å². The maximum Gasteiger partial charge on any atom is 0.126 e. The summed E-state index contributed by atoms with van der Waals surface area (Å²) in [5.41, 5.74) is 0.701. The van der Waals surface area contributed by atoms with Crippen LogP contribution < -0.4 is 5.32 Å². The van der Waals surface area contributed by atoms with E-state index in [0.29, 0.717) is 10.7 Å². The lowest BCUT2D eigenvalue weighted by atomic mass is 10.3. The van der Waals surface area contributed by atoms with Crippen molar-refractivity contribution in [2.75, 3.05) is 11.9 Å². The van der Waals surface area contributed by atoms with Crippen molar-refractivity contribution >= 4 is 17.3 Å². The Morgan fingerprint density at radius 2 is 2.23 bits per heavy atom. The van der Waals surface area contributed by atoms with E-state index in [4.69, 9.17) is 11.6 Å². The molecule has 0 aromatic heterocycles. The van der Waals surface area contributed by atoms with Crippen LogP contribution in [0.3, 0.4) is 0 Å². The fraction of sp³-hybridized carbons (Fsp3) is 0.200. The van der Waals surface area contributed by atoms with Crippen molar-refractivity contribution in [2.45, 2.75) is 6.42 Å². The average molecular weight is 200 g/mol. The minimum atomic E-state index is -0.325. The van der Waals surface area contributed by atoms with Crippen LogP contribution in [-0.2, 0) is 0 Å². The molecule has 1 N–H and O–H groups in total. The van der Waals surface area contributed by atoms with E-state index in [1.807, 2.05) is 0 Å². The molecule has 1 rings (SSSR count). The van der Waals surface area contributed by atoms with Gasteiger partial charge in [-0.05, 0) is 24.6 Å². The number of hydrogen-bond donors (Lipinski definition) is 1. The summed E-state index contributed by atoms with van der Waals surface area (Å²) in [6, 6.07) is 4.38. The standard InChI is InChI=1S/C10H11ClFN/c1-2-3-4-13-10-6-8(11)5-9(12)7-10/h2,5-7,13H,1,3-4H2. The zero-order valence-corrected chi connectivity index (χ0v) is 7.94. The summed E-state index contributed by atoms with van der Waals surface area (Å²) in [7, 11) is 0. The molecule has 0 bridgehead atoms. The van der Waals surface area contributed by atoms with Crippen LogP contribution in [0.15, 0.2) is 30.9 Å². The quantitative estimate of drug-likeness (QED) is 0.579. The van der Waals surface area contributed by atoms with Crippen LogP contribution in [0.25, 0.3) is 0 Å². The molecule has 0 saturated carbocycles. The zero-order valence-electron chi connectivity index (χ0n) is 7.19. The van der Waals surface area contributed by atoms with E-state index in [2.05, 4.69) is 11.9 Å². The Bertz CT molecular complexity index is 279. The summed E-state index contributed by atoms with van der Waals surface area (Å²) in [5, 5.41) is 3.44. The van der Waals surface area contributed by atoms with Crippen molar-refractivity contribution in [2.24, 2.45) is 0 Å². The molecule has 0 atom stereocenters. The Morgan fingerprint density at radius 1 is 1.46 bits per heavy atom. The van der Waals surface area contributed by atoms with Crippen molar-refractivity contribution in [3.05, 3.63) is 41.7 Å². The van der Waals surface area contributed by atoms with E-state index in [-0.39, 0.29) is 5.82 Å². The van der Waals surface area contributed by atoms with Gasteiger partial charge in [0, 0.05) is 17.3 Å². The molecule has 0 radical (unpaired) electrons. The number of nitrogens with one attached hydrogen (secondary N) is 1.